The van der Waals surface area contributed by atoms with Crippen LogP contribution in [-0.4, -0.2) is 27.3 Å². The van der Waals surface area contributed by atoms with Gasteiger partial charge in [0.15, 0.2) is 0 Å². The first kappa shape index (κ1) is 14.3. The minimum atomic E-state index is -0.711. The van der Waals surface area contributed by atoms with Gasteiger partial charge in [-0.25, -0.2) is 0 Å². The summed E-state index contributed by atoms with van der Waals surface area (Å²) in [6.45, 7) is 3.83. The van der Waals surface area contributed by atoms with Gasteiger partial charge < -0.3 is 10.4 Å². The third-order valence-corrected chi connectivity index (χ3v) is 3.38. The van der Waals surface area contributed by atoms with Gasteiger partial charge in [0.1, 0.15) is 0 Å². The molecule has 2 N–H and O–H groups in total. The molecule has 0 aliphatic carbocycles. The van der Waals surface area contributed by atoms with Crippen molar-refractivity contribution in [2.45, 2.75) is 20.0 Å². The van der Waals surface area contributed by atoms with Crippen LogP contribution in [0.1, 0.15) is 33.4 Å². The van der Waals surface area contributed by atoms with Gasteiger partial charge in [0.25, 0.3) is 5.91 Å². The summed E-state index contributed by atoms with van der Waals surface area (Å²) in [5.74, 6) is -0.205. The number of hydrogen-bond donors (Lipinski definition) is 2. The first-order valence-corrected chi connectivity index (χ1v) is 6.52. The molecule has 0 aliphatic heterocycles. The number of aryl methyl sites for hydroxylation is 2. The molecule has 0 fully saturated rings. The van der Waals surface area contributed by atoms with Gasteiger partial charge >= 0.3 is 0 Å². The molecule has 106 valence electrons. The van der Waals surface area contributed by atoms with Crippen LogP contribution in [-0.2, 0) is 7.05 Å². The van der Waals surface area contributed by atoms with Crippen molar-refractivity contribution in [3.63, 3.8) is 0 Å². The van der Waals surface area contributed by atoms with Crippen LogP contribution in [0.2, 0.25) is 0 Å². The van der Waals surface area contributed by atoms with Gasteiger partial charge in [-0.15, -0.1) is 0 Å². The molecule has 5 nitrogen and oxygen atoms in total. The lowest BCUT2D eigenvalue weighted by Crippen LogP contribution is -2.29. The van der Waals surface area contributed by atoms with Crippen molar-refractivity contribution in [1.82, 2.24) is 15.1 Å². The highest BCUT2D eigenvalue weighted by Gasteiger charge is 2.18. The van der Waals surface area contributed by atoms with Crippen LogP contribution in [0.15, 0.2) is 30.3 Å². The average molecular weight is 273 g/mol. The Bertz CT molecular complexity index is 605. The van der Waals surface area contributed by atoms with E-state index in [0.717, 1.165) is 11.3 Å². The van der Waals surface area contributed by atoms with Crippen LogP contribution in [0.5, 0.6) is 0 Å². The fraction of sp³-hybridized carbons (Fsp3) is 0.333. The van der Waals surface area contributed by atoms with Gasteiger partial charge in [-0.3, -0.25) is 9.48 Å². The number of aliphatic hydroxyl groups is 1. The normalized spacial score (nSPS) is 12.2. The zero-order valence-corrected chi connectivity index (χ0v) is 11.9. The number of carbonyl (C=O) groups is 1. The Balaban J connectivity index is 2.02. The lowest BCUT2D eigenvalue weighted by Gasteiger charge is -2.12. The number of hydrogen-bond acceptors (Lipinski definition) is 3. The van der Waals surface area contributed by atoms with Crippen molar-refractivity contribution in [3.05, 3.63) is 52.8 Å². The van der Waals surface area contributed by atoms with Gasteiger partial charge in [0, 0.05) is 19.3 Å². The Morgan fingerprint density at radius 1 is 1.35 bits per heavy atom. The quantitative estimate of drug-likeness (QED) is 0.887. The van der Waals surface area contributed by atoms with E-state index >= 15 is 0 Å². The van der Waals surface area contributed by atoms with Crippen LogP contribution < -0.4 is 5.32 Å². The number of nitrogens with zero attached hydrogens (tertiary/aromatic N) is 2. The summed E-state index contributed by atoms with van der Waals surface area (Å²) in [6.07, 6.45) is -0.711. The molecule has 1 aromatic carbocycles. The summed E-state index contributed by atoms with van der Waals surface area (Å²) < 4.78 is 1.68. The number of rotatable bonds is 4. The summed E-state index contributed by atoms with van der Waals surface area (Å²) in [6, 6.07) is 9.26. The van der Waals surface area contributed by atoms with Crippen LogP contribution in [0.4, 0.5) is 0 Å². The van der Waals surface area contributed by atoms with Crippen LogP contribution in [0, 0.1) is 13.8 Å². The summed E-state index contributed by atoms with van der Waals surface area (Å²) in [4.78, 5) is 12.2. The van der Waals surface area contributed by atoms with Crippen LogP contribution in [0.3, 0.4) is 0 Å². The van der Waals surface area contributed by atoms with Gasteiger partial charge in [0.2, 0.25) is 0 Å². The molecule has 5 heteroatoms. The topological polar surface area (TPSA) is 67.2 Å². The number of benzene rings is 1. The molecule has 0 saturated carbocycles. The highest BCUT2D eigenvalue weighted by molar-refractivity contribution is 5.96. The minimum Gasteiger partial charge on any atom is -0.387 e. The molecular formula is C15H19N3O2. The summed E-state index contributed by atoms with van der Waals surface area (Å²) in [5, 5.41) is 17.0. The summed E-state index contributed by atoms with van der Waals surface area (Å²) >= 11 is 0. The van der Waals surface area contributed by atoms with Crippen molar-refractivity contribution in [2.75, 3.05) is 6.54 Å². The van der Waals surface area contributed by atoms with Crippen LogP contribution in [0.25, 0.3) is 0 Å². The number of carbonyl (C=O) groups excluding carboxylic acids is 1. The van der Waals surface area contributed by atoms with E-state index in [1.807, 2.05) is 37.3 Å². The molecule has 0 spiro atoms. The van der Waals surface area contributed by atoms with E-state index in [-0.39, 0.29) is 12.5 Å². The first-order chi connectivity index (χ1) is 9.50. The smallest absolute Gasteiger partial charge is 0.255 e. The molecule has 1 unspecified atom stereocenters. The van der Waals surface area contributed by atoms with Crippen LogP contribution >= 0.6 is 0 Å². The Morgan fingerprint density at radius 3 is 2.55 bits per heavy atom. The molecule has 20 heavy (non-hydrogen) atoms. The van der Waals surface area contributed by atoms with Crippen molar-refractivity contribution < 1.29 is 9.90 Å². The van der Waals surface area contributed by atoms with Crippen molar-refractivity contribution in [3.8, 4) is 0 Å². The lowest BCUT2D eigenvalue weighted by atomic mass is 10.1. The molecule has 1 aromatic heterocycles. The molecule has 2 aromatic rings. The SMILES string of the molecule is Cc1nn(C)c(C)c1C(=O)NCC(O)c1ccccc1. The van der Waals surface area contributed by atoms with E-state index in [2.05, 4.69) is 10.4 Å². The predicted molar refractivity (Wildman–Crippen MR) is 76.4 cm³/mol. The number of aromatic nitrogens is 2. The third kappa shape index (κ3) is 2.88. The number of amides is 1. The van der Waals surface area contributed by atoms with E-state index < -0.39 is 6.10 Å². The largest absolute Gasteiger partial charge is 0.387 e. The number of aliphatic hydroxyl groups excluding tert-OH is 1. The standard InChI is InChI=1S/C15H19N3O2/c1-10-14(11(2)18(3)17-10)15(20)16-9-13(19)12-7-5-4-6-8-12/h4-8,13,19H,9H2,1-3H3,(H,16,20). The molecule has 0 aliphatic rings. The third-order valence-electron chi connectivity index (χ3n) is 3.38. The molecule has 2 rings (SSSR count). The second-order valence-electron chi connectivity index (χ2n) is 4.81. The van der Waals surface area contributed by atoms with Gasteiger partial charge in [-0.05, 0) is 19.4 Å². The number of nitrogens with one attached hydrogen (secondary N) is 1. The highest BCUT2D eigenvalue weighted by Crippen LogP contribution is 2.13. The Morgan fingerprint density at radius 2 is 2.00 bits per heavy atom. The fourth-order valence-electron chi connectivity index (χ4n) is 2.17. The maximum absolute atomic E-state index is 12.2. The zero-order valence-electron chi connectivity index (χ0n) is 11.9. The highest BCUT2D eigenvalue weighted by atomic mass is 16.3. The van der Waals surface area contributed by atoms with E-state index in [1.165, 1.54) is 0 Å². The van der Waals surface area contributed by atoms with Crippen molar-refractivity contribution in [1.29, 1.82) is 0 Å². The summed E-state index contributed by atoms with van der Waals surface area (Å²) in [7, 11) is 1.80. The molecule has 1 atom stereocenters. The Labute approximate surface area is 118 Å². The molecule has 1 amide bonds. The van der Waals surface area contributed by atoms with E-state index in [0.29, 0.717) is 11.3 Å². The fourth-order valence-corrected chi connectivity index (χ4v) is 2.17. The molecular weight excluding hydrogens is 254 g/mol. The van der Waals surface area contributed by atoms with E-state index in [4.69, 9.17) is 0 Å². The first-order valence-electron chi connectivity index (χ1n) is 6.52. The Hall–Kier alpha value is -2.14. The van der Waals surface area contributed by atoms with Crippen molar-refractivity contribution >= 4 is 5.91 Å². The predicted octanol–water partition coefficient (Wildman–Crippen LogP) is 1.50. The van der Waals surface area contributed by atoms with E-state index in [9.17, 15) is 9.90 Å². The average Bonchev–Trinajstić information content (AvgIpc) is 2.70. The second-order valence-corrected chi connectivity index (χ2v) is 4.81. The second kappa shape index (κ2) is 5.88. The molecule has 0 saturated heterocycles. The molecule has 0 bridgehead atoms. The monoisotopic (exact) mass is 273 g/mol. The van der Waals surface area contributed by atoms with Gasteiger partial charge in [0.05, 0.1) is 17.4 Å². The zero-order chi connectivity index (χ0) is 14.7. The van der Waals surface area contributed by atoms with Crippen molar-refractivity contribution in [2.24, 2.45) is 7.05 Å². The van der Waals surface area contributed by atoms with E-state index in [1.54, 1.807) is 18.7 Å². The molecule has 1 heterocycles. The minimum absolute atomic E-state index is 0.177. The molecule has 0 radical (unpaired) electrons. The lowest BCUT2D eigenvalue weighted by molar-refractivity contribution is 0.0915. The summed E-state index contributed by atoms with van der Waals surface area (Å²) in [5.41, 5.74) is 2.87. The Kier molecular flexibility index (Phi) is 4.20. The maximum Gasteiger partial charge on any atom is 0.255 e. The maximum atomic E-state index is 12.2. The van der Waals surface area contributed by atoms with Gasteiger partial charge in [-0.2, -0.15) is 5.10 Å². The van der Waals surface area contributed by atoms with Gasteiger partial charge in [-0.1, -0.05) is 30.3 Å².